The topological polar surface area (TPSA) is 25.4 Å². The van der Waals surface area contributed by atoms with Crippen LogP contribution in [0.2, 0.25) is 0 Å². The van der Waals surface area contributed by atoms with Gasteiger partial charge >= 0.3 is 0 Å². The summed E-state index contributed by atoms with van der Waals surface area (Å²) in [6.45, 7) is 6.06. The second-order valence-corrected chi connectivity index (χ2v) is 5.14. The van der Waals surface area contributed by atoms with Crippen LogP contribution in [0.3, 0.4) is 0 Å². The average Bonchev–Trinajstić information content (AvgIpc) is 2.29. The lowest BCUT2D eigenvalue weighted by Gasteiger charge is -2.39. The molecule has 0 radical (unpaired) electrons. The van der Waals surface area contributed by atoms with Gasteiger partial charge in [0.2, 0.25) is 0 Å². The number of pyridine rings is 1. The Balaban J connectivity index is 2.22. The lowest BCUT2D eigenvalue weighted by atomic mass is 10.1. The number of halogens is 1. The molecule has 0 amide bonds. The van der Waals surface area contributed by atoms with Crippen LogP contribution in [0.5, 0.6) is 0 Å². The third-order valence-electron chi connectivity index (χ3n) is 2.96. The van der Waals surface area contributed by atoms with Gasteiger partial charge < -0.3 is 9.64 Å². The summed E-state index contributed by atoms with van der Waals surface area (Å²) in [5, 5.41) is 0. The van der Waals surface area contributed by atoms with E-state index in [0.717, 1.165) is 24.0 Å². The normalized spacial score (nSPS) is 25.8. The van der Waals surface area contributed by atoms with Crippen molar-refractivity contribution in [3.05, 3.63) is 22.9 Å². The number of anilines is 1. The maximum absolute atomic E-state index is 5.69. The van der Waals surface area contributed by atoms with E-state index in [1.165, 1.54) is 5.69 Å². The monoisotopic (exact) mass is 284 g/mol. The third kappa shape index (κ3) is 2.55. The Morgan fingerprint density at radius 1 is 1.56 bits per heavy atom. The van der Waals surface area contributed by atoms with E-state index in [0.29, 0.717) is 12.1 Å². The molecule has 16 heavy (non-hydrogen) atoms. The Hall–Kier alpha value is -0.610. The van der Waals surface area contributed by atoms with Crippen molar-refractivity contribution in [1.29, 1.82) is 0 Å². The SMILES string of the molecule is CCC1COC(C)CN1c1cncc(Br)c1. The van der Waals surface area contributed by atoms with Gasteiger partial charge in [-0.05, 0) is 35.3 Å². The average molecular weight is 285 g/mol. The summed E-state index contributed by atoms with van der Waals surface area (Å²) in [7, 11) is 0. The van der Waals surface area contributed by atoms with Gasteiger partial charge in [0.1, 0.15) is 0 Å². The molecule has 2 rings (SSSR count). The number of hydrogen-bond donors (Lipinski definition) is 0. The van der Waals surface area contributed by atoms with E-state index < -0.39 is 0 Å². The molecule has 1 aromatic heterocycles. The van der Waals surface area contributed by atoms with Gasteiger partial charge in [0.15, 0.2) is 0 Å². The van der Waals surface area contributed by atoms with Gasteiger partial charge in [0.25, 0.3) is 0 Å². The van der Waals surface area contributed by atoms with E-state index in [2.05, 4.69) is 45.7 Å². The lowest BCUT2D eigenvalue weighted by Crippen LogP contribution is -2.48. The summed E-state index contributed by atoms with van der Waals surface area (Å²) in [5.41, 5.74) is 1.18. The largest absolute Gasteiger partial charge is 0.375 e. The van der Waals surface area contributed by atoms with Gasteiger partial charge in [-0.25, -0.2) is 0 Å². The molecular formula is C12H17BrN2O. The van der Waals surface area contributed by atoms with E-state index in [-0.39, 0.29) is 0 Å². The zero-order valence-electron chi connectivity index (χ0n) is 9.69. The Morgan fingerprint density at radius 2 is 2.38 bits per heavy atom. The van der Waals surface area contributed by atoms with E-state index in [9.17, 15) is 0 Å². The number of ether oxygens (including phenoxy) is 1. The Bertz CT molecular complexity index is 359. The molecule has 0 spiro atoms. The zero-order valence-corrected chi connectivity index (χ0v) is 11.3. The fourth-order valence-electron chi connectivity index (χ4n) is 2.06. The van der Waals surface area contributed by atoms with Crippen molar-refractivity contribution in [3.8, 4) is 0 Å². The molecule has 1 aliphatic rings. The highest BCUT2D eigenvalue weighted by Crippen LogP contribution is 2.24. The summed E-state index contributed by atoms with van der Waals surface area (Å²) in [4.78, 5) is 6.62. The molecular weight excluding hydrogens is 268 g/mol. The quantitative estimate of drug-likeness (QED) is 0.835. The summed E-state index contributed by atoms with van der Waals surface area (Å²) >= 11 is 3.47. The molecule has 0 aromatic carbocycles. The van der Waals surface area contributed by atoms with E-state index in [1.807, 2.05) is 12.4 Å². The molecule has 0 saturated carbocycles. The van der Waals surface area contributed by atoms with Gasteiger partial charge in [-0.3, -0.25) is 4.98 Å². The minimum Gasteiger partial charge on any atom is -0.375 e. The zero-order chi connectivity index (χ0) is 11.5. The highest BCUT2D eigenvalue weighted by atomic mass is 79.9. The van der Waals surface area contributed by atoms with Crippen LogP contribution in [0.25, 0.3) is 0 Å². The van der Waals surface area contributed by atoms with Crippen molar-refractivity contribution in [2.75, 3.05) is 18.1 Å². The molecule has 0 N–H and O–H groups in total. The highest BCUT2D eigenvalue weighted by Gasteiger charge is 2.25. The Morgan fingerprint density at radius 3 is 3.06 bits per heavy atom. The van der Waals surface area contributed by atoms with Crippen LogP contribution in [0.1, 0.15) is 20.3 Å². The van der Waals surface area contributed by atoms with Crippen LogP contribution in [0.4, 0.5) is 5.69 Å². The maximum atomic E-state index is 5.69. The molecule has 2 atom stereocenters. The number of nitrogens with zero attached hydrogens (tertiary/aromatic N) is 2. The highest BCUT2D eigenvalue weighted by molar-refractivity contribution is 9.10. The first-order chi connectivity index (χ1) is 7.70. The molecule has 1 saturated heterocycles. The lowest BCUT2D eigenvalue weighted by molar-refractivity contribution is 0.0299. The minimum atomic E-state index is 0.293. The van der Waals surface area contributed by atoms with Crippen molar-refractivity contribution in [1.82, 2.24) is 4.98 Å². The second-order valence-electron chi connectivity index (χ2n) is 4.22. The van der Waals surface area contributed by atoms with Crippen LogP contribution >= 0.6 is 15.9 Å². The van der Waals surface area contributed by atoms with Crippen LogP contribution in [0, 0.1) is 0 Å². The molecule has 0 bridgehead atoms. The van der Waals surface area contributed by atoms with Crippen molar-refractivity contribution in [2.45, 2.75) is 32.4 Å². The van der Waals surface area contributed by atoms with Gasteiger partial charge in [0, 0.05) is 17.2 Å². The van der Waals surface area contributed by atoms with E-state index in [1.54, 1.807) is 0 Å². The van der Waals surface area contributed by atoms with Crippen LogP contribution in [-0.4, -0.2) is 30.3 Å². The number of hydrogen-bond acceptors (Lipinski definition) is 3. The fourth-order valence-corrected chi connectivity index (χ4v) is 2.41. The molecule has 2 unspecified atom stereocenters. The van der Waals surface area contributed by atoms with Gasteiger partial charge in [-0.1, -0.05) is 6.92 Å². The predicted octanol–water partition coefficient (Wildman–Crippen LogP) is 2.85. The molecule has 0 aliphatic carbocycles. The molecule has 1 aliphatic heterocycles. The van der Waals surface area contributed by atoms with Crippen molar-refractivity contribution in [3.63, 3.8) is 0 Å². The van der Waals surface area contributed by atoms with Crippen LogP contribution in [-0.2, 0) is 4.74 Å². The number of aromatic nitrogens is 1. The van der Waals surface area contributed by atoms with Crippen LogP contribution in [0.15, 0.2) is 22.9 Å². The number of rotatable bonds is 2. The van der Waals surface area contributed by atoms with E-state index >= 15 is 0 Å². The first-order valence-electron chi connectivity index (χ1n) is 5.69. The summed E-state index contributed by atoms with van der Waals surface area (Å²) in [5.74, 6) is 0. The fraction of sp³-hybridized carbons (Fsp3) is 0.583. The molecule has 1 aromatic rings. The predicted molar refractivity (Wildman–Crippen MR) is 68.8 cm³/mol. The first kappa shape index (κ1) is 11.9. The third-order valence-corrected chi connectivity index (χ3v) is 3.39. The molecule has 3 nitrogen and oxygen atoms in total. The summed E-state index contributed by atoms with van der Waals surface area (Å²) in [6.07, 6.45) is 5.13. The van der Waals surface area contributed by atoms with Crippen molar-refractivity contribution in [2.24, 2.45) is 0 Å². The summed E-state index contributed by atoms with van der Waals surface area (Å²) < 4.78 is 6.72. The smallest absolute Gasteiger partial charge is 0.0723 e. The van der Waals surface area contributed by atoms with Crippen molar-refractivity contribution >= 4 is 21.6 Å². The van der Waals surface area contributed by atoms with Gasteiger partial charge in [0.05, 0.1) is 30.6 Å². The maximum Gasteiger partial charge on any atom is 0.0723 e. The molecule has 88 valence electrons. The van der Waals surface area contributed by atoms with Gasteiger partial charge in [-0.2, -0.15) is 0 Å². The minimum absolute atomic E-state index is 0.293. The molecule has 2 heterocycles. The summed E-state index contributed by atoms with van der Waals surface area (Å²) in [6, 6.07) is 2.58. The Labute approximate surface area is 105 Å². The number of morpholine rings is 1. The van der Waals surface area contributed by atoms with Gasteiger partial charge in [-0.15, -0.1) is 0 Å². The molecule has 1 fully saturated rings. The standard InChI is InChI=1S/C12H17BrN2O/c1-3-11-8-16-9(2)7-15(11)12-4-10(13)5-14-6-12/h4-6,9,11H,3,7-8H2,1-2H3. The second kappa shape index (κ2) is 5.15. The van der Waals surface area contributed by atoms with E-state index in [4.69, 9.17) is 4.74 Å². The molecule has 4 heteroatoms. The van der Waals surface area contributed by atoms with Crippen LogP contribution < -0.4 is 4.90 Å². The first-order valence-corrected chi connectivity index (χ1v) is 6.48. The Kier molecular flexibility index (Phi) is 3.82. The van der Waals surface area contributed by atoms with Crippen molar-refractivity contribution < 1.29 is 4.74 Å².